The summed E-state index contributed by atoms with van der Waals surface area (Å²) in [6, 6.07) is 5.41. The Morgan fingerprint density at radius 2 is 1.83 bits per heavy atom. The van der Waals surface area contributed by atoms with Gasteiger partial charge in [-0.3, -0.25) is 20.2 Å². The minimum Gasteiger partial charge on any atom is -0.265 e. The highest BCUT2D eigenvalue weighted by atomic mass is 19.1. The Labute approximate surface area is 103 Å². The molecule has 7 heteroatoms. The molecule has 0 spiro atoms. The molecule has 0 unspecified atom stereocenters. The number of halogens is 1. The molecular formula is C11H13FN2O4. The molecule has 0 aliphatic carbocycles. The van der Waals surface area contributed by atoms with E-state index in [1.165, 1.54) is 32.0 Å². The van der Waals surface area contributed by atoms with Crippen molar-refractivity contribution in [2.75, 3.05) is 6.54 Å². The molecule has 1 aromatic carbocycles. The second-order valence-electron chi connectivity index (χ2n) is 4.50. The van der Waals surface area contributed by atoms with E-state index in [1.807, 2.05) is 0 Å². The fourth-order valence-corrected chi connectivity index (χ4v) is 1.74. The second kappa shape index (κ2) is 5.07. The average molecular weight is 256 g/mol. The van der Waals surface area contributed by atoms with Crippen molar-refractivity contribution in [2.24, 2.45) is 0 Å². The van der Waals surface area contributed by atoms with Crippen LogP contribution in [0.3, 0.4) is 0 Å². The molecule has 0 amide bonds. The first-order valence-electron chi connectivity index (χ1n) is 5.27. The zero-order valence-corrected chi connectivity index (χ0v) is 10.00. The third-order valence-corrected chi connectivity index (χ3v) is 2.94. The summed E-state index contributed by atoms with van der Waals surface area (Å²) in [6.07, 6.45) is 0. The van der Waals surface area contributed by atoms with Gasteiger partial charge in [-0.2, -0.15) is 0 Å². The zero-order chi connectivity index (χ0) is 13.9. The van der Waals surface area contributed by atoms with Crippen molar-refractivity contribution < 1.29 is 14.2 Å². The number of benzene rings is 1. The Hall–Kier alpha value is -2.05. The van der Waals surface area contributed by atoms with Crippen LogP contribution >= 0.6 is 0 Å². The van der Waals surface area contributed by atoms with E-state index in [0.29, 0.717) is 0 Å². The van der Waals surface area contributed by atoms with E-state index in [9.17, 15) is 24.6 Å². The standard InChI is InChI=1S/C11H13FN2O4/c1-11(2,14(17)18)9(7-13(15)16)8-5-3-4-6-10(8)12/h3-6,9H,7H2,1-2H3/t9-/m0/s1. The van der Waals surface area contributed by atoms with Gasteiger partial charge < -0.3 is 0 Å². The summed E-state index contributed by atoms with van der Waals surface area (Å²) in [5.41, 5.74) is -1.62. The maximum atomic E-state index is 13.6. The third-order valence-electron chi connectivity index (χ3n) is 2.94. The first kappa shape index (κ1) is 14.0. The van der Waals surface area contributed by atoms with Crippen LogP contribution in [0, 0.1) is 26.0 Å². The summed E-state index contributed by atoms with van der Waals surface area (Å²) in [7, 11) is 0. The number of nitro groups is 2. The van der Waals surface area contributed by atoms with E-state index >= 15 is 0 Å². The van der Waals surface area contributed by atoms with Crippen molar-refractivity contribution in [3.05, 3.63) is 55.9 Å². The fraction of sp³-hybridized carbons (Fsp3) is 0.455. The second-order valence-corrected chi connectivity index (χ2v) is 4.50. The molecule has 0 aromatic heterocycles. The zero-order valence-electron chi connectivity index (χ0n) is 10.00. The fourth-order valence-electron chi connectivity index (χ4n) is 1.74. The molecule has 0 fully saturated rings. The van der Waals surface area contributed by atoms with Crippen LogP contribution in [0.5, 0.6) is 0 Å². The number of hydrogen-bond acceptors (Lipinski definition) is 4. The molecule has 0 saturated heterocycles. The Morgan fingerprint density at radius 3 is 2.28 bits per heavy atom. The molecule has 0 aliphatic rings. The van der Waals surface area contributed by atoms with Crippen molar-refractivity contribution in [3.8, 4) is 0 Å². The monoisotopic (exact) mass is 256 g/mol. The Bertz CT molecular complexity index is 476. The predicted molar refractivity (Wildman–Crippen MR) is 62.1 cm³/mol. The SMILES string of the molecule is CC(C)([C@@H](C[N+](=O)[O-])c1ccccc1F)[N+](=O)[O-]. The van der Waals surface area contributed by atoms with Crippen molar-refractivity contribution in [2.45, 2.75) is 25.3 Å². The van der Waals surface area contributed by atoms with Crippen molar-refractivity contribution in [1.82, 2.24) is 0 Å². The summed E-state index contributed by atoms with van der Waals surface area (Å²) >= 11 is 0. The predicted octanol–water partition coefficient (Wildman–Crippen LogP) is 2.24. The highest BCUT2D eigenvalue weighted by molar-refractivity contribution is 5.24. The molecule has 1 aromatic rings. The van der Waals surface area contributed by atoms with E-state index in [-0.39, 0.29) is 5.56 Å². The first-order valence-corrected chi connectivity index (χ1v) is 5.27. The maximum absolute atomic E-state index is 13.6. The minimum absolute atomic E-state index is 0.00380. The van der Waals surface area contributed by atoms with Crippen molar-refractivity contribution in [3.63, 3.8) is 0 Å². The highest BCUT2D eigenvalue weighted by Crippen LogP contribution is 2.32. The van der Waals surface area contributed by atoms with Crippen LogP contribution < -0.4 is 0 Å². The molecule has 6 nitrogen and oxygen atoms in total. The Morgan fingerprint density at radius 1 is 1.28 bits per heavy atom. The molecule has 0 N–H and O–H groups in total. The Kier molecular flexibility index (Phi) is 3.95. The van der Waals surface area contributed by atoms with Crippen molar-refractivity contribution in [1.29, 1.82) is 0 Å². The van der Waals surface area contributed by atoms with Crippen LogP contribution in [-0.2, 0) is 0 Å². The quantitative estimate of drug-likeness (QED) is 0.597. The molecule has 0 saturated carbocycles. The maximum Gasteiger partial charge on any atom is 0.229 e. The topological polar surface area (TPSA) is 86.3 Å². The van der Waals surface area contributed by atoms with E-state index in [1.54, 1.807) is 0 Å². The lowest BCUT2D eigenvalue weighted by Crippen LogP contribution is -2.41. The molecule has 18 heavy (non-hydrogen) atoms. The first-order chi connectivity index (χ1) is 8.26. The molecule has 98 valence electrons. The summed E-state index contributed by atoms with van der Waals surface area (Å²) in [5, 5.41) is 21.6. The highest BCUT2D eigenvalue weighted by Gasteiger charge is 2.46. The van der Waals surface area contributed by atoms with E-state index in [2.05, 4.69) is 0 Å². The molecule has 0 radical (unpaired) electrons. The van der Waals surface area contributed by atoms with E-state index in [4.69, 9.17) is 0 Å². The van der Waals surface area contributed by atoms with Gasteiger partial charge in [0.1, 0.15) is 11.7 Å². The van der Waals surface area contributed by atoms with Gasteiger partial charge in [0.2, 0.25) is 12.1 Å². The van der Waals surface area contributed by atoms with E-state index < -0.39 is 33.7 Å². The van der Waals surface area contributed by atoms with Gasteiger partial charge in [0.15, 0.2) is 0 Å². The lowest BCUT2D eigenvalue weighted by molar-refractivity contribution is -0.579. The van der Waals surface area contributed by atoms with Gasteiger partial charge in [-0.15, -0.1) is 0 Å². The Balaban J connectivity index is 3.26. The van der Waals surface area contributed by atoms with Gasteiger partial charge in [-0.25, -0.2) is 4.39 Å². The summed E-state index contributed by atoms with van der Waals surface area (Å²) in [6.45, 7) is 1.83. The lowest BCUT2D eigenvalue weighted by Gasteiger charge is -2.24. The molecular weight excluding hydrogens is 243 g/mol. The molecule has 1 atom stereocenters. The molecule has 0 bridgehead atoms. The van der Waals surface area contributed by atoms with Crippen LogP contribution in [0.2, 0.25) is 0 Å². The third kappa shape index (κ3) is 2.79. The van der Waals surface area contributed by atoms with Gasteiger partial charge in [0.25, 0.3) is 0 Å². The van der Waals surface area contributed by atoms with Crippen molar-refractivity contribution >= 4 is 0 Å². The minimum atomic E-state index is -1.62. The largest absolute Gasteiger partial charge is 0.265 e. The van der Waals surface area contributed by atoms with Crippen LogP contribution in [0.4, 0.5) is 4.39 Å². The van der Waals surface area contributed by atoms with Crippen LogP contribution in [0.25, 0.3) is 0 Å². The smallest absolute Gasteiger partial charge is 0.229 e. The van der Waals surface area contributed by atoms with Gasteiger partial charge in [0, 0.05) is 29.3 Å². The van der Waals surface area contributed by atoms with E-state index in [0.717, 1.165) is 6.07 Å². The van der Waals surface area contributed by atoms with Crippen LogP contribution in [0.1, 0.15) is 25.3 Å². The van der Waals surface area contributed by atoms with Gasteiger partial charge in [0.05, 0.1) is 0 Å². The van der Waals surface area contributed by atoms with Crippen LogP contribution in [0.15, 0.2) is 24.3 Å². The van der Waals surface area contributed by atoms with Gasteiger partial charge >= 0.3 is 0 Å². The summed E-state index contributed by atoms with van der Waals surface area (Å²) in [4.78, 5) is 20.3. The number of rotatable bonds is 5. The summed E-state index contributed by atoms with van der Waals surface area (Å²) in [5.74, 6) is -1.79. The normalized spacial score (nSPS) is 13.1. The summed E-state index contributed by atoms with van der Waals surface area (Å²) < 4.78 is 13.6. The molecule has 0 heterocycles. The molecule has 0 aliphatic heterocycles. The number of hydrogen-bond donors (Lipinski definition) is 0. The van der Waals surface area contributed by atoms with Gasteiger partial charge in [-0.1, -0.05) is 18.2 Å². The number of nitrogens with zero attached hydrogens (tertiary/aromatic N) is 2. The van der Waals surface area contributed by atoms with Crippen LogP contribution in [-0.4, -0.2) is 21.9 Å². The lowest BCUT2D eigenvalue weighted by atomic mass is 9.82. The van der Waals surface area contributed by atoms with Gasteiger partial charge in [-0.05, 0) is 6.07 Å². The molecule has 1 rings (SSSR count). The average Bonchev–Trinajstić information content (AvgIpc) is 2.26.